The van der Waals surface area contributed by atoms with Gasteiger partial charge in [0, 0.05) is 11.8 Å². The van der Waals surface area contributed by atoms with Gasteiger partial charge in [-0.1, -0.05) is 13.8 Å². The fourth-order valence-electron chi connectivity index (χ4n) is 1.18. The van der Waals surface area contributed by atoms with Gasteiger partial charge in [-0.2, -0.15) is 0 Å². The van der Waals surface area contributed by atoms with Crippen LogP contribution in [0.25, 0.3) is 0 Å². The molecular formula is C11H17NO. The lowest BCUT2D eigenvalue weighted by Crippen LogP contribution is -1.99. The first kappa shape index (κ1) is 10.0. The zero-order chi connectivity index (χ0) is 9.84. The van der Waals surface area contributed by atoms with Crippen LogP contribution >= 0.6 is 0 Å². The van der Waals surface area contributed by atoms with Crippen LogP contribution in [-0.2, 0) is 0 Å². The summed E-state index contributed by atoms with van der Waals surface area (Å²) >= 11 is 0. The molecule has 0 fully saturated rings. The van der Waals surface area contributed by atoms with E-state index in [4.69, 9.17) is 4.74 Å². The van der Waals surface area contributed by atoms with Crippen LogP contribution in [0.3, 0.4) is 0 Å². The Balaban J connectivity index is 2.96. The lowest BCUT2D eigenvalue weighted by atomic mass is 10.1. The number of rotatable bonds is 3. The molecule has 0 aliphatic rings. The van der Waals surface area contributed by atoms with Gasteiger partial charge in [0.25, 0.3) is 0 Å². The Kier molecular flexibility index (Phi) is 3.29. The Morgan fingerprint density at radius 3 is 2.62 bits per heavy atom. The predicted molar refractivity (Wildman–Crippen MR) is 54.2 cm³/mol. The van der Waals surface area contributed by atoms with Gasteiger partial charge in [0.2, 0.25) is 5.88 Å². The number of aromatic nitrogens is 1. The second-order valence-corrected chi connectivity index (χ2v) is 3.50. The molecule has 0 saturated heterocycles. The average Bonchev–Trinajstić information content (AvgIpc) is 2.03. The molecule has 0 aromatic carbocycles. The van der Waals surface area contributed by atoms with Crippen molar-refractivity contribution in [2.75, 3.05) is 6.61 Å². The highest BCUT2D eigenvalue weighted by atomic mass is 16.5. The van der Waals surface area contributed by atoms with E-state index >= 15 is 0 Å². The molecule has 0 aliphatic heterocycles. The van der Waals surface area contributed by atoms with E-state index in [0.29, 0.717) is 12.5 Å². The maximum absolute atomic E-state index is 5.37. The highest BCUT2D eigenvalue weighted by Gasteiger charge is 2.04. The lowest BCUT2D eigenvalue weighted by Gasteiger charge is -2.08. The van der Waals surface area contributed by atoms with Gasteiger partial charge in [-0.3, -0.25) is 0 Å². The van der Waals surface area contributed by atoms with Crippen molar-refractivity contribution in [3.05, 3.63) is 23.4 Å². The summed E-state index contributed by atoms with van der Waals surface area (Å²) < 4.78 is 5.37. The van der Waals surface area contributed by atoms with E-state index in [1.54, 1.807) is 0 Å². The van der Waals surface area contributed by atoms with Crippen LogP contribution in [0.1, 0.15) is 37.9 Å². The van der Waals surface area contributed by atoms with E-state index in [0.717, 1.165) is 11.6 Å². The molecule has 1 heterocycles. The topological polar surface area (TPSA) is 22.1 Å². The normalized spacial score (nSPS) is 10.5. The SMILES string of the molecule is CCOc1cc(C)cc(C(C)C)n1. The van der Waals surface area contributed by atoms with Gasteiger partial charge in [-0.05, 0) is 31.4 Å². The molecule has 2 nitrogen and oxygen atoms in total. The second kappa shape index (κ2) is 4.26. The maximum Gasteiger partial charge on any atom is 0.213 e. The average molecular weight is 179 g/mol. The van der Waals surface area contributed by atoms with Gasteiger partial charge in [0.1, 0.15) is 0 Å². The molecule has 72 valence electrons. The van der Waals surface area contributed by atoms with Crippen LogP contribution in [0.4, 0.5) is 0 Å². The Morgan fingerprint density at radius 1 is 1.38 bits per heavy atom. The Morgan fingerprint density at radius 2 is 2.08 bits per heavy atom. The third-order valence-corrected chi connectivity index (χ3v) is 1.85. The van der Waals surface area contributed by atoms with Gasteiger partial charge < -0.3 is 4.74 Å². The summed E-state index contributed by atoms with van der Waals surface area (Å²) in [6.45, 7) is 8.98. The van der Waals surface area contributed by atoms with Crippen molar-refractivity contribution in [3.63, 3.8) is 0 Å². The summed E-state index contributed by atoms with van der Waals surface area (Å²) in [5.41, 5.74) is 2.31. The summed E-state index contributed by atoms with van der Waals surface area (Å²) in [5, 5.41) is 0. The molecular weight excluding hydrogens is 162 g/mol. The molecule has 0 amide bonds. The first-order valence-electron chi connectivity index (χ1n) is 4.75. The molecule has 1 aromatic rings. The summed E-state index contributed by atoms with van der Waals surface area (Å²) in [6.07, 6.45) is 0. The number of pyridine rings is 1. The Bertz CT molecular complexity index is 281. The zero-order valence-electron chi connectivity index (χ0n) is 8.79. The van der Waals surface area contributed by atoms with Crippen molar-refractivity contribution in [1.29, 1.82) is 0 Å². The number of aryl methyl sites for hydroxylation is 1. The first-order chi connectivity index (χ1) is 6.13. The van der Waals surface area contributed by atoms with Gasteiger partial charge in [0.15, 0.2) is 0 Å². The van der Waals surface area contributed by atoms with Crippen molar-refractivity contribution in [2.24, 2.45) is 0 Å². The minimum Gasteiger partial charge on any atom is -0.478 e. The summed E-state index contributed by atoms with van der Waals surface area (Å²) in [6, 6.07) is 4.07. The zero-order valence-corrected chi connectivity index (χ0v) is 8.79. The minimum absolute atomic E-state index is 0.458. The van der Waals surface area contributed by atoms with E-state index < -0.39 is 0 Å². The third kappa shape index (κ3) is 2.72. The number of hydrogen-bond acceptors (Lipinski definition) is 2. The fraction of sp³-hybridized carbons (Fsp3) is 0.545. The second-order valence-electron chi connectivity index (χ2n) is 3.50. The van der Waals surface area contributed by atoms with Crippen molar-refractivity contribution >= 4 is 0 Å². The fourth-order valence-corrected chi connectivity index (χ4v) is 1.18. The smallest absolute Gasteiger partial charge is 0.213 e. The monoisotopic (exact) mass is 179 g/mol. The molecule has 0 saturated carbocycles. The molecule has 13 heavy (non-hydrogen) atoms. The molecule has 1 aromatic heterocycles. The molecule has 0 spiro atoms. The van der Waals surface area contributed by atoms with Gasteiger partial charge in [-0.25, -0.2) is 4.98 Å². The van der Waals surface area contributed by atoms with Gasteiger partial charge in [-0.15, -0.1) is 0 Å². The van der Waals surface area contributed by atoms with Crippen LogP contribution in [0.5, 0.6) is 5.88 Å². The van der Waals surface area contributed by atoms with Crippen molar-refractivity contribution in [3.8, 4) is 5.88 Å². The van der Waals surface area contributed by atoms with E-state index in [9.17, 15) is 0 Å². The number of ether oxygens (including phenoxy) is 1. The number of hydrogen-bond donors (Lipinski definition) is 0. The van der Waals surface area contributed by atoms with Gasteiger partial charge >= 0.3 is 0 Å². The molecule has 0 radical (unpaired) electrons. The first-order valence-corrected chi connectivity index (χ1v) is 4.75. The molecule has 0 N–H and O–H groups in total. The Labute approximate surface area is 80.0 Å². The predicted octanol–water partition coefficient (Wildman–Crippen LogP) is 2.91. The molecule has 0 bridgehead atoms. The largest absolute Gasteiger partial charge is 0.478 e. The highest BCUT2D eigenvalue weighted by Crippen LogP contribution is 2.18. The van der Waals surface area contributed by atoms with E-state index in [2.05, 4.69) is 31.8 Å². The van der Waals surface area contributed by atoms with Crippen LogP contribution in [0.2, 0.25) is 0 Å². The van der Waals surface area contributed by atoms with Crippen LogP contribution in [0, 0.1) is 6.92 Å². The van der Waals surface area contributed by atoms with Crippen molar-refractivity contribution < 1.29 is 4.74 Å². The van der Waals surface area contributed by atoms with E-state index in [1.165, 1.54) is 5.56 Å². The van der Waals surface area contributed by atoms with Crippen molar-refractivity contribution in [2.45, 2.75) is 33.6 Å². The molecule has 0 aliphatic carbocycles. The van der Waals surface area contributed by atoms with Gasteiger partial charge in [0.05, 0.1) is 6.61 Å². The number of nitrogens with zero attached hydrogens (tertiary/aromatic N) is 1. The molecule has 1 rings (SSSR count). The highest BCUT2D eigenvalue weighted by molar-refractivity contribution is 5.25. The van der Waals surface area contributed by atoms with Crippen molar-refractivity contribution in [1.82, 2.24) is 4.98 Å². The summed E-state index contributed by atoms with van der Waals surface area (Å²) in [5.74, 6) is 1.20. The summed E-state index contributed by atoms with van der Waals surface area (Å²) in [4.78, 5) is 4.40. The maximum atomic E-state index is 5.37. The molecule has 2 heteroatoms. The standard InChI is InChI=1S/C11H17NO/c1-5-13-11-7-9(4)6-10(12-11)8(2)3/h6-8H,5H2,1-4H3. The third-order valence-electron chi connectivity index (χ3n) is 1.85. The molecule has 0 unspecified atom stereocenters. The van der Waals surface area contributed by atoms with Crippen LogP contribution in [0.15, 0.2) is 12.1 Å². The van der Waals surface area contributed by atoms with E-state index in [1.807, 2.05) is 13.0 Å². The Hall–Kier alpha value is -1.05. The van der Waals surface area contributed by atoms with Crippen LogP contribution < -0.4 is 4.74 Å². The lowest BCUT2D eigenvalue weighted by molar-refractivity contribution is 0.325. The molecule has 0 atom stereocenters. The summed E-state index contributed by atoms with van der Waals surface area (Å²) in [7, 11) is 0. The quantitative estimate of drug-likeness (QED) is 0.711. The van der Waals surface area contributed by atoms with Crippen LogP contribution in [-0.4, -0.2) is 11.6 Å². The van der Waals surface area contributed by atoms with E-state index in [-0.39, 0.29) is 0 Å². The minimum atomic E-state index is 0.458.